The van der Waals surface area contributed by atoms with Crippen molar-refractivity contribution in [2.45, 2.75) is 19.6 Å². The molecular weight excluding hydrogens is 370 g/mol. The minimum Gasteiger partial charge on any atom is -0.448 e. The maximum atomic E-state index is 12.8. The molecule has 3 aromatic rings. The van der Waals surface area contributed by atoms with Crippen molar-refractivity contribution in [3.05, 3.63) is 88.9 Å². The fourth-order valence-corrected chi connectivity index (χ4v) is 2.84. The first-order valence-electron chi connectivity index (χ1n) is 9.14. The molecule has 0 fully saturated rings. The number of fused-ring (bicyclic) bond motifs is 1. The van der Waals surface area contributed by atoms with E-state index in [1.165, 1.54) is 17.7 Å². The number of aromatic nitrogens is 2. The fourth-order valence-electron chi connectivity index (χ4n) is 2.84. The Kier molecular flexibility index (Phi) is 6.19. The highest BCUT2D eigenvalue weighted by molar-refractivity contribution is 6.02. The van der Waals surface area contributed by atoms with Crippen LogP contribution < -0.4 is 10.9 Å². The summed E-state index contributed by atoms with van der Waals surface area (Å²) < 4.78 is 6.52. The van der Waals surface area contributed by atoms with Gasteiger partial charge >= 0.3 is 5.97 Å². The molecule has 7 heteroatoms. The molecule has 0 aliphatic rings. The molecule has 1 atom stereocenters. The summed E-state index contributed by atoms with van der Waals surface area (Å²) in [7, 11) is 0. The first-order valence-corrected chi connectivity index (χ1v) is 9.14. The van der Waals surface area contributed by atoms with Crippen LogP contribution in [0.15, 0.2) is 72.0 Å². The van der Waals surface area contributed by atoms with Crippen molar-refractivity contribution < 1.29 is 14.3 Å². The zero-order valence-corrected chi connectivity index (χ0v) is 16.0. The van der Waals surface area contributed by atoms with E-state index in [9.17, 15) is 14.4 Å². The summed E-state index contributed by atoms with van der Waals surface area (Å²) in [6, 6.07) is 16.0. The molecule has 0 saturated heterocycles. The molecule has 0 bridgehead atoms. The Bertz CT molecular complexity index is 1110. The highest BCUT2D eigenvalue weighted by atomic mass is 16.5. The molecule has 0 aliphatic carbocycles. The van der Waals surface area contributed by atoms with Gasteiger partial charge in [0.05, 0.1) is 11.9 Å². The third kappa shape index (κ3) is 4.57. The summed E-state index contributed by atoms with van der Waals surface area (Å²) in [5, 5.41) is 7.56. The summed E-state index contributed by atoms with van der Waals surface area (Å²) in [4.78, 5) is 37.6. The molecule has 0 unspecified atom stereocenters. The van der Waals surface area contributed by atoms with Gasteiger partial charge in [0.15, 0.2) is 11.8 Å². The maximum absolute atomic E-state index is 12.8. The van der Waals surface area contributed by atoms with Crippen molar-refractivity contribution in [2.24, 2.45) is 0 Å². The van der Waals surface area contributed by atoms with Crippen LogP contribution in [-0.2, 0) is 16.1 Å². The second-order valence-electron chi connectivity index (χ2n) is 6.42. The van der Waals surface area contributed by atoms with Crippen LogP contribution in [-0.4, -0.2) is 34.3 Å². The Morgan fingerprint density at radius 2 is 1.79 bits per heavy atom. The zero-order chi connectivity index (χ0) is 20.8. The van der Waals surface area contributed by atoms with Crippen molar-refractivity contribution in [3.63, 3.8) is 0 Å². The van der Waals surface area contributed by atoms with E-state index in [2.05, 4.69) is 17.0 Å². The molecule has 0 spiro atoms. The molecule has 1 heterocycles. The van der Waals surface area contributed by atoms with Crippen LogP contribution >= 0.6 is 0 Å². The number of hydrogen-bond donors (Lipinski definition) is 1. The number of esters is 1. The molecule has 0 saturated carbocycles. The van der Waals surface area contributed by atoms with E-state index in [1.807, 2.05) is 30.3 Å². The van der Waals surface area contributed by atoms with Gasteiger partial charge in [-0.2, -0.15) is 5.10 Å². The quantitative estimate of drug-likeness (QED) is 0.493. The van der Waals surface area contributed by atoms with Crippen LogP contribution in [0.5, 0.6) is 0 Å². The van der Waals surface area contributed by atoms with Crippen LogP contribution in [0.25, 0.3) is 10.8 Å². The van der Waals surface area contributed by atoms with Crippen molar-refractivity contribution in [1.29, 1.82) is 0 Å². The van der Waals surface area contributed by atoms with Crippen LogP contribution in [0, 0.1) is 0 Å². The van der Waals surface area contributed by atoms with E-state index in [1.54, 1.807) is 24.3 Å². The van der Waals surface area contributed by atoms with Crippen LogP contribution in [0.1, 0.15) is 23.0 Å². The molecule has 7 nitrogen and oxygen atoms in total. The van der Waals surface area contributed by atoms with Gasteiger partial charge in [0, 0.05) is 11.9 Å². The van der Waals surface area contributed by atoms with Gasteiger partial charge in [-0.15, -0.1) is 6.58 Å². The smallest absolute Gasteiger partial charge is 0.360 e. The van der Waals surface area contributed by atoms with Gasteiger partial charge in [0.25, 0.3) is 11.5 Å². The van der Waals surface area contributed by atoms with Gasteiger partial charge in [0.1, 0.15) is 0 Å². The number of amides is 1. The molecule has 148 valence electrons. The molecule has 2 aromatic carbocycles. The highest BCUT2D eigenvalue weighted by Gasteiger charge is 2.23. The number of benzene rings is 2. The second kappa shape index (κ2) is 8.97. The normalized spacial score (nSPS) is 11.6. The Morgan fingerprint density at radius 1 is 1.14 bits per heavy atom. The SMILES string of the molecule is C=CCNC(=O)[C@H](C)OC(=O)c1nn(Cc2ccccc2)c(=O)c2ccccc12. The second-order valence-corrected chi connectivity index (χ2v) is 6.42. The summed E-state index contributed by atoms with van der Waals surface area (Å²) in [6.45, 7) is 5.47. The first-order chi connectivity index (χ1) is 14.0. The van der Waals surface area contributed by atoms with Crippen LogP contribution in [0.3, 0.4) is 0 Å². The number of carbonyl (C=O) groups is 2. The van der Waals surface area contributed by atoms with Gasteiger partial charge < -0.3 is 10.1 Å². The maximum Gasteiger partial charge on any atom is 0.360 e. The molecule has 1 amide bonds. The lowest BCUT2D eigenvalue weighted by Gasteiger charge is -2.14. The molecule has 29 heavy (non-hydrogen) atoms. The standard InChI is InChI=1S/C22H21N3O4/c1-3-13-23-20(26)15(2)29-22(28)19-17-11-7-8-12-18(17)21(27)25(24-19)14-16-9-5-4-6-10-16/h3-12,15H,1,13-14H2,2H3,(H,23,26)/t15-/m0/s1. The summed E-state index contributed by atoms with van der Waals surface area (Å²) in [5.41, 5.74) is 0.547. The first kappa shape index (κ1) is 20.0. The largest absolute Gasteiger partial charge is 0.448 e. The van der Waals surface area contributed by atoms with Crippen LogP contribution in [0.2, 0.25) is 0 Å². The number of nitrogens with zero attached hydrogens (tertiary/aromatic N) is 2. The van der Waals surface area contributed by atoms with E-state index in [4.69, 9.17) is 4.74 Å². The molecule has 1 N–H and O–H groups in total. The molecular formula is C22H21N3O4. The van der Waals surface area contributed by atoms with E-state index in [0.717, 1.165) is 5.56 Å². The van der Waals surface area contributed by atoms with Gasteiger partial charge in [-0.3, -0.25) is 9.59 Å². The Hall–Kier alpha value is -3.74. The molecule has 1 aromatic heterocycles. The van der Waals surface area contributed by atoms with Crippen molar-refractivity contribution in [2.75, 3.05) is 6.54 Å². The van der Waals surface area contributed by atoms with E-state index < -0.39 is 18.0 Å². The third-order valence-electron chi connectivity index (χ3n) is 4.31. The highest BCUT2D eigenvalue weighted by Crippen LogP contribution is 2.15. The minimum atomic E-state index is -1.02. The van der Waals surface area contributed by atoms with Gasteiger partial charge in [0.2, 0.25) is 0 Å². The number of carbonyl (C=O) groups excluding carboxylic acids is 2. The predicted molar refractivity (Wildman–Crippen MR) is 110 cm³/mol. The summed E-state index contributed by atoms with van der Waals surface area (Å²) in [6.07, 6.45) is 0.513. The minimum absolute atomic E-state index is 0.0144. The lowest BCUT2D eigenvalue weighted by atomic mass is 10.1. The lowest BCUT2D eigenvalue weighted by molar-refractivity contribution is -0.128. The molecule has 0 radical (unpaired) electrons. The third-order valence-corrected chi connectivity index (χ3v) is 4.31. The molecule has 3 rings (SSSR count). The Labute approximate surface area is 167 Å². The monoisotopic (exact) mass is 391 g/mol. The lowest BCUT2D eigenvalue weighted by Crippen LogP contribution is -2.36. The number of nitrogens with one attached hydrogen (secondary N) is 1. The summed E-state index contributed by atoms with van der Waals surface area (Å²) in [5.74, 6) is -1.22. The average molecular weight is 391 g/mol. The number of hydrogen-bond acceptors (Lipinski definition) is 5. The topological polar surface area (TPSA) is 90.3 Å². The van der Waals surface area contributed by atoms with Crippen molar-refractivity contribution in [3.8, 4) is 0 Å². The molecule has 0 aliphatic heterocycles. The van der Waals surface area contributed by atoms with E-state index in [-0.39, 0.29) is 24.3 Å². The number of ether oxygens (including phenoxy) is 1. The predicted octanol–water partition coefficient (Wildman–Crippen LogP) is 2.29. The summed E-state index contributed by atoms with van der Waals surface area (Å²) >= 11 is 0. The van der Waals surface area contributed by atoms with Crippen molar-refractivity contribution in [1.82, 2.24) is 15.1 Å². The fraction of sp³-hybridized carbons (Fsp3) is 0.182. The Morgan fingerprint density at radius 3 is 2.48 bits per heavy atom. The van der Waals surface area contributed by atoms with Gasteiger partial charge in [-0.1, -0.05) is 54.6 Å². The van der Waals surface area contributed by atoms with E-state index >= 15 is 0 Å². The Balaban J connectivity index is 1.97. The average Bonchev–Trinajstić information content (AvgIpc) is 2.74. The zero-order valence-electron chi connectivity index (χ0n) is 16.0. The van der Waals surface area contributed by atoms with E-state index in [0.29, 0.717) is 10.8 Å². The van der Waals surface area contributed by atoms with Crippen LogP contribution in [0.4, 0.5) is 0 Å². The number of rotatable bonds is 7. The van der Waals surface area contributed by atoms with Crippen molar-refractivity contribution >= 4 is 22.6 Å². The van der Waals surface area contributed by atoms with Gasteiger partial charge in [-0.05, 0) is 18.6 Å². The van der Waals surface area contributed by atoms with Gasteiger partial charge in [-0.25, -0.2) is 9.48 Å².